The number of azide groups is 1. The molecule has 11 heteroatoms. The van der Waals surface area contributed by atoms with E-state index >= 15 is 0 Å². The Kier molecular flexibility index (Phi) is 6.43. The SMILES string of the molecule is [N-]=[N+]=NCOC(=O)NCCOP(=O)([O-])O. The van der Waals surface area contributed by atoms with E-state index in [2.05, 4.69) is 24.6 Å². The number of phosphoric acid groups is 1. The van der Waals surface area contributed by atoms with Crippen molar-refractivity contribution in [3.8, 4) is 0 Å². The Morgan fingerprint density at radius 2 is 2.40 bits per heavy atom. The van der Waals surface area contributed by atoms with Crippen LogP contribution < -0.4 is 10.2 Å². The highest BCUT2D eigenvalue weighted by Crippen LogP contribution is 2.29. The summed E-state index contributed by atoms with van der Waals surface area (Å²) < 4.78 is 18.2. The van der Waals surface area contributed by atoms with E-state index in [1.165, 1.54) is 0 Å². The van der Waals surface area contributed by atoms with Crippen molar-refractivity contribution in [3.05, 3.63) is 10.4 Å². The number of hydrogen-bond donors (Lipinski definition) is 2. The van der Waals surface area contributed by atoms with Crippen LogP contribution in [0.25, 0.3) is 10.4 Å². The second-order valence-corrected chi connectivity index (χ2v) is 3.22. The molecule has 0 rings (SSSR count). The van der Waals surface area contributed by atoms with Crippen LogP contribution in [-0.2, 0) is 13.8 Å². The third kappa shape index (κ3) is 10.6. The average molecular weight is 239 g/mol. The molecule has 10 nitrogen and oxygen atoms in total. The Balaban J connectivity index is 3.47. The van der Waals surface area contributed by atoms with Crippen LogP contribution in [-0.4, -0.2) is 30.9 Å². The normalized spacial score (nSPS) is 13.5. The van der Waals surface area contributed by atoms with Crippen LogP contribution >= 0.6 is 7.82 Å². The number of ether oxygens (including phenoxy) is 1. The molecular weight excluding hydrogens is 231 g/mol. The van der Waals surface area contributed by atoms with Gasteiger partial charge in [0.25, 0.3) is 7.82 Å². The molecule has 0 heterocycles. The zero-order valence-corrected chi connectivity index (χ0v) is 8.29. The lowest BCUT2D eigenvalue weighted by Crippen LogP contribution is -2.28. The van der Waals surface area contributed by atoms with Crippen molar-refractivity contribution < 1.29 is 28.4 Å². The molecule has 86 valence electrons. The van der Waals surface area contributed by atoms with Crippen LogP contribution in [0.15, 0.2) is 5.11 Å². The van der Waals surface area contributed by atoms with E-state index in [0.29, 0.717) is 0 Å². The van der Waals surface area contributed by atoms with Crippen LogP contribution in [0.2, 0.25) is 0 Å². The number of alkyl carbamates (subject to hydrolysis) is 1. The Hall–Kier alpha value is -1.31. The third-order valence-corrected chi connectivity index (χ3v) is 1.45. The van der Waals surface area contributed by atoms with Gasteiger partial charge < -0.3 is 24.4 Å². The third-order valence-electron chi connectivity index (χ3n) is 0.942. The molecule has 0 aromatic rings. The molecule has 0 bridgehead atoms. The summed E-state index contributed by atoms with van der Waals surface area (Å²) in [5.74, 6) is 0. The highest BCUT2D eigenvalue weighted by molar-refractivity contribution is 7.44. The van der Waals surface area contributed by atoms with Gasteiger partial charge >= 0.3 is 6.09 Å². The van der Waals surface area contributed by atoms with Crippen LogP contribution in [0, 0.1) is 0 Å². The number of carbonyl (C=O) groups is 1. The lowest BCUT2D eigenvalue weighted by atomic mass is 10.7. The highest BCUT2D eigenvalue weighted by Gasteiger charge is 2.03. The molecule has 0 aromatic heterocycles. The maximum atomic E-state index is 10.7. The fourth-order valence-corrected chi connectivity index (χ4v) is 0.800. The lowest BCUT2D eigenvalue weighted by Gasteiger charge is -2.15. The quantitative estimate of drug-likeness (QED) is 0.208. The van der Waals surface area contributed by atoms with Gasteiger partial charge in [0.2, 0.25) is 0 Å². The summed E-state index contributed by atoms with van der Waals surface area (Å²) in [5.41, 5.74) is 7.82. The van der Waals surface area contributed by atoms with Gasteiger partial charge in [0, 0.05) is 11.5 Å². The summed E-state index contributed by atoms with van der Waals surface area (Å²) in [7, 11) is -4.76. The van der Waals surface area contributed by atoms with Crippen molar-refractivity contribution in [1.29, 1.82) is 0 Å². The minimum Gasteiger partial charge on any atom is -0.756 e. The Morgan fingerprint density at radius 3 is 2.93 bits per heavy atom. The summed E-state index contributed by atoms with van der Waals surface area (Å²) in [6.45, 7) is -1.07. The maximum Gasteiger partial charge on any atom is 0.407 e. The van der Waals surface area contributed by atoms with Crippen LogP contribution in [0.4, 0.5) is 4.79 Å². The Morgan fingerprint density at radius 1 is 1.73 bits per heavy atom. The smallest absolute Gasteiger partial charge is 0.407 e. The van der Waals surface area contributed by atoms with Crippen molar-refractivity contribution in [3.63, 3.8) is 0 Å². The lowest BCUT2D eigenvalue weighted by molar-refractivity contribution is -0.219. The number of nitrogens with one attached hydrogen (secondary N) is 1. The summed E-state index contributed by atoms with van der Waals surface area (Å²) in [6, 6.07) is 0. The van der Waals surface area contributed by atoms with E-state index in [1.807, 2.05) is 0 Å². The molecule has 1 unspecified atom stereocenters. The van der Waals surface area contributed by atoms with Crippen molar-refractivity contribution in [2.45, 2.75) is 0 Å². The van der Waals surface area contributed by atoms with Gasteiger partial charge in [-0.1, -0.05) is 5.11 Å². The van der Waals surface area contributed by atoms with Gasteiger partial charge in [0.05, 0.1) is 6.61 Å². The average Bonchev–Trinajstić information content (AvgIpc) is 2.11. The Bertz CT molecular complexity index is 296. The largest absolute Gasteiger partial charge is 0.756 e. The van der Waals surface area contributed by atoms with Gasteiger partial charge in [-0.3, -0.25) is 4.57 Å². The number of rotatable bonds is 6. The molecule has 0 aromatic carbocycles. The first-order chi connectivity index (χ1) is 6.95. The molecule has 2 N–H and O–H groups in total. The maximum absolute atomic E-state index is 10.7. The summed E-state index contributed by atoms with van der Waals surface area (Å²) >= 11 is 0. The second kappa shape index (κ2) is 7.04. The van der Waals surface area contributed by atoms with Crippen molar-refractivity contribution in [2.24, 2.45) is 5.11 Å². The molecule has 15 heavy (non-hydrogen) atoms. The summed E-state index contributed by atoms with van der Waals surface area (Å²) in [6.07, 6.45) is -0.898. The number of phosphoric ester groups is 1. The van der Waals surface area contributed by atoms with Gasteiger partial charge in [-0.15, -0.1) is 0 Å². The first-order valence-corrected chi connectivity index (χ1v) is 5.05. The van der Waals surface area contributed by atoms with E-state index in [4.69, 9.17) is 10.4 Å². The van der Waals surface area contributed by atoms with E-state index in [1.54, 1.807) is 0 Å². The fourth-order valence-electron chi connectivity index (χ4n) is 0.478. The molecule has 0 saturated heterocycles. The molecule has 0 fully saturated rings. The number of hydrogen-bond acceptors (Lipinski definition) is 6. The monoisotopic (exact) mass is 239 g/mol. The molecule has 0 saturated carbocycles. The van der Waals surface area contributed by atoms with E-state index in [9.17, 15) is 14.3 Å². The standard InChI is InChI=1S/C4H9N4O6P/c5-8-7-3-13-4(9)6-1-2-14-15(10,11)12/h1-3H2,(H,6,9)(H2,10,11,12)/p-1. The van der Waals surface area contributed by atoms with E-state index < -0.39 is 27.3 Å². The van der Waals surface area contributed by atoms with Gasteiger partial charge in [0.1, 0.15) is 0 Å². The zero-order valence-electron chi connectivity index (χ0n) is 7.40. The first-order valence-electron chi connectivity index (χ1n) is 3.55. The fraction of sp³-hybridized carbons (Fsp3) is 0.750. The number of carbonyl (C=O) groups excluding carboxylic acids is 1. The minimum atomic E-state index is -4.76. The van der Waals surface area contributed by atoms with E-state index in [-0.39, 0.29) is 6.54 Å². The zero-order chi connectivity index (χ0) is 11.7. The second-order valence-electron chi connectivity index (χ2n) is 2.02. The highest BCUT2D eigenvalue weighted by atomic mass is 31.2. The molecule has 0 aliphatic heterocycles. The summed E-state index contributed by atoms with van der Waals surface area (Å²) in [4.78, 5) is 31.2. The van der Waals surface area contributed by atoms with Crippen LogP contribution in [0.1, 0.15) is 0 Å². The number of amides is 1. The van der Waals surface area contributed by atoms with Gasteiger partial charge in [0.15, 0.2) is 6.73 Å². The van der Waals surface area contributed by atoms with Crippen LogP contribution in [0.5, 0.6) is 0 Å². The topological polar surface area (TPSA) is 157 Å². The van der Waals surface area contributed by atoms with Gasteiger partial charge in [-0.25, -0.2) is 4.79 Å². The predicted octanol–water partition coefficient (Wildman–Crippen LogP) is -0.542. The predicted molar refractivity (Wildman–Crippen MR) is 44.3 cm³/mol. The summed E-state index contributed by atoms with van der Waals surface area (Å²) in [5, 5.41) is 4.98. The molecule has 1 amide bonds. The van der Waals surface area contributed by atoms with Crippen LogP contribution in [0.3, 0.4) is 0 Å². The first kappa shape index (κ1) is 13.7. The minimum absolute atomic E-state index is 0.179. The molecule has 0 aliphatic carbocycles. The molecule has 1 atom stereocenters. The van der Waals surface area contributed by atoms with Crippen molar-refractivity contribution >= 4 is 13.9 Å². The molecular formula is C4H8N4O6P-. The molecule has 0 aliphatic rings. The van der Waals surface area contributed by atoms with Gasteiger partial charge in [-0.05, 0) is 5.53 Å². The Labute approximate surface area is 84.0 Å². The van der Waals surface area contributed by atoms with Crippen molar-refractivity contribution in [1.82, 2.24) is 5.32 Å². The van der Waals surface area contributed by atoms with E-state index in [0.717, 1.165) is 0 Å². The molecule has 0 spiro atoms. The van der Waals surface area contributed by atoms with Crippen molar-refractivity contribution in [2.75, 3.05) is 19.9 Å². The number of nitrogens with zero attached hydrogens (tertiary/aromatic N) is 3. The molecule has 0 radical (unpaired) electrons. The van der Waals surface area contributed by atoms with Gasteiger partial charge in [-0.2, -0.15) is 0 Å².